The van der Waals surface area contributed by atoms with Crippen molar-refractivity contribution in [1.82, 2.24) is 9.88 Å². The topological polar surface area (TPSA) is 26.2 Å². The number of hydrogen-bond donors (Lipinski definition) is 1. The number of nitrogens with one attached hydrogen (secondary N) is 1. The number of benzene rings is 1. The van der Waals surface area contributed by atoms with E-state index >= 15 is 0 Å². The third-order valence-corrected chi connectivity index (χ3v) is 3.77. The number of ether oxygens (including phenoxy) is 1. The predicted molar refractivity (Wildman–Crippen MR) is 73.8 cm³/mol. The van der Waals surface area contributed by atoms with Crippen molar-refractivity contribution in [3.05, 3.63) is 35.5 Å². The normalized spacial score (nSPS) is 21.1. The molecular formula is C15H20N2O. The molecule has 1 aromatic carbocycles. The SMILES string of the molecule is Cc1cccc2c1c(C1COCCCN1)cn2C. The van der Waals surface area contributed by atoms with Crippen molar-refractivity contribution < 1.29 is 4.74 Å². The Balaban J connectivity index is 2.10. The van der Waals surface area contributed by atoms with Gasteiger partial charge in [0.05, 0.1) is 12.6 Å². The lowest BCUT2D eigenvalue weighted by molar-refractivity contribution is 0.132. The van der Waals surface area contributed by atoms with Gasteiger partial charge in [0.15, 0.2) is 0 Å². The zero-order valence-electron chi connectivity index (χ0n) is 11.1. The molecule has 1 N–H and O–H groups in total. The summed E-state index contributed by atoms with van der Waals surface area (Å²) in [5.41, 5.74) is 4.01. The molecule has 96 valence electrons. The van der Waals surface area contributed by atoms with E-state index in [1.165, 1.54) is 22.0 Å². The van der Waals surface area contributed by atoms with Gasteiger partial charge < -0.3 is 14.6 Å². The van der Waals surface area contributed by atoms with Gasteiger partial charge in [-0.2, -0.15) is 0 Å². The highest BCUT2D eigenvalue weighted by atomic mass is 16.5. The van der Waals surface area contributed by atoms with Crippen LogP contribution in [-0.4, -0.2) is 24.3 Å². The fraction of sp³-hybridized carbons (Fsp3) is 0.467. The molecule has 0 saturated carbocycles. The number of aromatic nitrogens is 1. The first-order valence-corrected chi connectivity index (χ1v) is 6.63. The average Bonchev–Trinajstić information content (AvgIpc) is 2.56. The van der Waals surface area contributed by atoms with Gasteiger partial charge in [-0.05, 0) is 37.1 Å². The van der Waals surface area contributed by atoms with Crippen LogP contribution < -0.4 is 5.32 Å². The minimum atomic E-state index is 0.317. The van der Waals surface area contributed by atoms with E-state index in [-0.39, 0.29) is 0 Å². The Labute approximate surface area is 108 Å². The van der Waals surface area contributed by atoms with Crippen LogP contribution >= 0.6 is 0 Å². The van der Waals surface area contributed by atoms with Crippen LogP contribution in [0.25, 0.3) is 10.9 Å². The van der Waals surface area contributed by atoms with E-state index in [0.717, 1.165) is 26.2 Å². The Morgan fingerprint density at radius 3 is 3.17 bits per heavy atom. The molecule has 1 unspecified atom stereocenters. The van der Waals surface area contributed by atoms with Crippen LogP contribution in [0.3, 0.4) is 0 Å². The highest BCUT2D eigenvalue weighted by Crippen LogP contribution is 2.29. The molecule has 0 spiro atoms. The highest BCUT2D eigenvalue weighted by molar-refractivity contribution is 5.87. The zero-order chi connectivity index (χ0) is 12.5. The molecule has 2 aromatic rings. The number of nitrogens with zero attached hydrogens (tertiary/aromatic N) is 1. The van der Waals surface area contributed by atoms with Gasteiger partial charge in [-0.25, -0.2) is 0 Å². The van der Waals surface area contributed by atoms with Gasteiger partial charge >= 0.3 is 0 Å². The molecule has 1 aliphatic heterocycles. The van der Waals surface area contributed by atoms with Crippen molar-refractivity contribution in [2.45, 2.75) is 19.4 Å². The average molecular weight is 244 g/mol. The van der Waals surface area contributed by atoms with E-state index < -0.39 is 0 Å². The summed E-state index contributed by atoms with van der Waals surface area (Å²) >= 11 is 0. The molecule has 18 heavy (non-hydrogen) atoms. The fourth-order valence-corrected chi connectivity index (χ4v) is 2.84. The van der Waals surface area contributed by atoms with Gasteiger partial charge in [-0.3, -0.25) is 0 Å². The third-order valence-electron chi connectivity index (χ3n) is 3.77. The van der Waals surface area contributed by atoms with Gasteiger partial charge in [-0.1, -0.05) is 12.1 Å². The summed E-state index contributed by atoms with van der Waals surface area (Å²) in [5, 5.41) is 4.97. The summed E-state index contributed by atoms with van der Waals surface area (Å²) in [7, 11) is 2.11. The summed E-state index contributed by atoms with van der Waals surface area (Å²) in [6.45, 7) is 4.86. The molecule has 1 saturated heterocycles. The highest BCUT2D eigenvalue weighted by Gasteiger charge is 2.19. The summed E-state index contributed by atoms with van der Waals surface area (Å²) in [6, 6.07) is 6.81. The summed E-state index contributed by atoms with van der Waals surface area (Å²) in [4.78, 5) is 0. The fourth-order valence-electron chi connectivity index (χ4n) is 2.84. The molecule has 1 atom stereocenters. The first kappa shape index (κ1) is 11.8. The van der Waals surface area contributed by atoms with Crippen LogP contribution in [0.1, 0.15) is 23.6 Å². The van der Waals surface area contributed by atoms with Gasteiger partial charge in [0, 0.05) is 30.8 Å². The second-order valence-corrected chi connectivity index (χ2v) is 5.10. The van der Waals surface area contributed by atoms with E-state index in [1.54, 1.807) is 0 Å². The maximum atomic E-state index is 5.69. The van der Waals surface area contributed by atoms with Crippen LogP contribution in [0.5, 0.6) is 0 Å². The Morgan fingerprint density at radius 2 is 2.28 bits per heavy atom. The number of fused-ring (bicyclic) bond motifs is 1. The van der Waals surface area contributed by atoms with Gasteiger partial charge in [-0.15, -0.1) is 0 Å². The standard InChI is InChI=1S/C15H20N2O/c1-11-5-3-6-14-15(11)12(9-17(14)2)13-10-18-8-4-7-16-13/h3,5-6,9,13,16H,4,7-8,10H2,1-2H3. The summed E-state index contributed by atoms with van der Waals surface area (Å²) in [6.07, 6.45) is 3.34. The predicted octanol–water partition coefficient (Wildman–Crippen LogP) is 2.54. The molecule has 3 heteroatoms. The lowest BCUT2D eigenvalue weighted by Gasteiger charge is -2.15. The van der Waals surface area contributed by atoms with Crippen LogP contribution in [0.2, 0.25) is 0 Å². The first-order valence-electron chi connectivity index (χ1n) is 6.63. The van der Waals surface area contributed by atoms with Crippen LogP contribution in [0, 0.1) is 6.92 Å². The summed E-state index contributed by atoms with van der Waals surface area (Å²) in [5.74, 6) is 0. The van der Waals surface area contributed by atoms with E-state index in [1.807, 2.05) is 0 Å². The molecule has 1 fully saturated rings. The Bertz CT molecular complexity index is 551. The van der Waals surface area contributed by atoms with E-state index in [0.29, 0.717) is 6.04 Å². The first-order chi connectivity index (χ1) is 8.77. The van der Waals surface area contributed by atoms with Crippen LogP contribution in [-0.2, 0) is 11.8 Å². The van der Waals surface area contributed by atoms with Crippen molar-refractivity contribution in [3.8, 4) is 0 Å². The van der Waals surface area contributed by atoms with E-state index in [2.05, 4.69) is 48.3 Å². The smallest absolute Gasteiger partial charge is 0.0662 e. The quantitative estimate of drug-likeness (QED) is 0.834. The molecule has 0 aliphatic carbocycles. The molecule has 3 rings (SSSR count). The number of rotatable bonds is 1. The lowest BCUT2D eigenvalue weighted by atomic mass is 10.0. The molecule has 0 amide bonds. The third kappa shape index (κ3) is 1.93. The molecule has 0 radical (unpaired) electrons. The number of aryl methyl sites for hydroxylation is 2. The van der Waals surface area contributed by atoms with Gasteiger partial charge in [0.2, 0.25) is 0 Å². The second kappa shape index (κ2) is 4.75. The summed E-state index contributed by atoms with van der Waals surface area (Å²) < 4.78 is 7.90. The van der Waals surface area contributed by atoms with Gasteiger partial charge in [0.25, 0.3) is 0 Å². The van der Waals surface area contributed by atoms with Crippen LogP contribution in [0.15, 0.2) is 24.4 Å². The second-order valence-electron chi connectivity index (χ2n) is 5.10. The molecule has 1 aliphatic rings. The number of hydrogen-bond acceptors (Lipinski definition) is 2. The minimum Gasteiger partial charge on any atom is -0.379 e. The van der Waals surface area contributed by atoms with Crippen molar-refractivity contribution in [2.24, 2.45) is 7.05 Å². The molecular weight excluding hydrogens is 224 g/mol. The van der Waals surface area contributed by atoms with E-state index in [4.69, 9.17) is 4.74 Å². The maximum absolute atomic E-state index is 5.69. The lowest BCUT2D eigenvalue weighted by Crippen LogP contribution is -2.23. The van der Waals surface area contributed by atoms with Crippen molar-refractivity contribution >= 4 is 10.9 Å². The maximum Gasteiger partial charge on any atom is 0.0662 e. The van der Waals surface area contributed by atoms with Crippen molar-refractivity contribution in [2.75, 3.05) is 19.8 Å². The van der Waals surface area contributed by atoms with Gasteiger partial charge in [0.1, 0.15) is 0 Å². The monoisotopic (exact) mass is 244 g/mol. The van der Waals surface area contributed by atoms with Crippen molar-refractivity contribution in [1.29, 1.82) is 0 Å². The Hall–Kier alpha value is -1.32. The van der Waals surface area contributed by atoms with E-state index in [9.17, 15) is 0 Å². The molecule has 2 heterocycles. The Kier molecular flexibility index (Phi) is 3.10. The largest absolute Gasteiger partial charge is 0.379 e. The molecule has 0 bridgehead atoms. The van der Waals surface area contributed by atoms with Crippen LogP contribution in [0.4, 0.5) is 0 Å². The zero-order valence-corrected chi connectivity index (χ0v) is 11.1. The minimum absolute atomic E-state index is 0.317. The molecule has 1 aromatic heterocycles. The van der Waals surface area contributed by atoms with Crippen molar-refractivity contribution in [3.63, 3.8) is 0 Å². The molecule has 3 nitrogen and oxygen atoms in total. The Morgan fingerprint density at radius 1 is 1.39 bits per heavy atom.